The number of nitrogens with one attached hydrogen (secondary N) is 1. The van der Waals surface area contributed by atoms with Crippen LogP contribution in [0.3, 0.4) is 0 Å². The number of aromatic nitrogens is 2. The fraction of sp³-hybridized carbons (Fsp3) is 0.778. The van der Waals surface area contributed by atoms with Crippen LogP contribution < -0.4 is 11.0 Å². The molecule has 3 saturated carbocycles. The van der Waals surface area contributed by atoms with Gasteiger partial charge in [-0.05, 0) is 99.4 Å². The lowest BCUT2D eigenvalue weighted by Gasteiger charge is -2.60. The minimum Gasteiger partial charge on any atom is -0.449 e. The van der Waals surface area contributed by atoms with E-state index in [2.05, 4.69) is 38.0 Å². The second-order valence-corrected chi connectivity index (χ2v) is 15.6. The molecule has 1 aromatic heterocycles. The third-order valence-corrected chi connectivity index (χ3v) is 12.7. The third kappa shape index (κ3) is 6.62. The highest BCUT2D eigenvalue weighted by atomic mass is 19.1. The predicted molar refractivity (Wildman–Crippen MR) is 176 cm³/mol. The van der Waals surface area contributed by atoms with Gasteiger partial charge in [-0.3, -0.25) is 14.7 Å². The van der Waals surface area contributed by atoms with Gasteiger partial charge in [0.1, 0.15) is 12.2 Å². The Morgan fingerprint density at radius 3 is 2.48 bits per heavy atom. The van der Waals surface area contributed by atoms with E-state index >= 15 is 0 Å². The number of ketones is 1. The molecule has 4 fully saturated rings. The summed E-state index contributed by atoms with van der Waals surface area (Å²) >= 11 is 0. The highest BCUT2D eigenvalue weighted by molar-refractivity contribution is 5.91. The number of halogens is 1. The van der Waals surface area contributed by atoms with Crippen molar-refractivity contribution in [1.29, 1.82) is 0 Å². The zero-order valence-corrected chi connectivity index (χ0v) is 29.2. The minimum atomic E-state index is -1.41. The van der Waals surface area contributed by atoms with E-state index in [1.807, 2.05) is 13.0 Å². The van der Waals surface area contributed by atoms with E-state index in [0.717, 1.165) is 61.6 Å². The zero-order valence-electron chi connectivity index (χ0n) is 29.2. The Morgan fingerprint density at radius 2 is 1.81 bits per heavy atom. The number of aliphatic hydroxyl groups excluding tert-OH is 2. The monoisotopic (exact) mass is 675 g/mol. The Kier molecular flexibility index (Phi) is 10.6. The molecule has 2 heterocycles. The molecule has 48 heavy (non-hydrogen) atoms. The molecule has 0 radical (unpaired) electrons. The smallest absolute Gasteiger partial charge is 0.412 e. The third-order valence-electron chi connectivity index (χ3n) is 12.7. The first kappa shape index (κ1) is 36.6. The van der Waals surface area contributed by atoms with E-state index in [-0.39, 0.29) is 17.4 Å². The number of carbonyl (C=O) groups is 2. The molecule has 1 aromatic rings. The fourth-order valence-electron chi connectivity index (χ4n) is 9.57. The van der Waals surface area contributed by atoms with Gasteiger partial charge < -0.3 is 24.8 Å². The molecular formula is C36H54FN3O8. The largest absolute Gasteiger partial charge is 0.449 e. The maximum absolute atomic E-state index is 14.1. The van der Waals surface area contributed by atoms with Crippen LogP contribution in [0.5, 0.6) is 0 Å². The first-order valence-electron chi connectivity index (χ1n) is 17.7. The fourth-order valence-corrected chi connectivity index (χ4v) is 9.57. The summed E-state index contributed by atoms with van der Waals surface area (Å²) in [4.78, 5) is 39.0. The van der Waals surface area contributed by atoms with Crippen LogP contribution in [0.25, 0.3) is 0 Å². The molecule has 0 unspecified atom stereocenters. The van der Waals surface area contributed by atoms with Crippen molar-refractivity contribution in [2.45, 2.75) is 136 Å². The van der Waals surface area contributed by atoms with Crippen molar-refractivity contribution in [1.82, 2.24) is 9.55 Å². The topological polar surface area (TPSA) is 160 Å². The first-order valence-corrected chi connectivity index (χ1v) is 17.7. The van der Waals surface area contributed by atoms with Gasteiger partial charge in [-0.15, -0.1) is 0 Å². The molecule has 5 aliphatic rings. The van der Waals surface area contributed by atoms with Crippen molar-refractivity contribution in [2.75, 3.05) is 11.9 Å². The summed E-state index contributed by atoms with van der Waals surface area (Å²) in [5, 5.41) is 32.6. The summed E-state index contributed by atoms with van der Waals surface area (Å²) in [6.45, 7) is 12.9. The van der Waals surface area contributed by atoms with E-state index in [0.29, 0.717) is 30.0 Å². The molecule has 11 atom stereocenters. The second kappa shape index (κ2) is 13.9. The lowest BCUT2D eigenvalue weighted by molar-refractivity contribution is -0.132. The Morgan fingerprint density at radius 1 is 1.10 bits per heavy atom. The van der Waals surface area contributed by atoms with E-state index in [9.17, 15) is 34.1 Å². The molecule has 0 spiro atoms. The van der Waals surface area contributed by atoms with Crippen LogP contribution in [0.1, 0.15) is 112 Å². The molecule has 1 aliphatic heterocycles. The van der Waals surface area contributed by atoms with Gasteiger partial charge in [-0.1, -0.05) is 46.1 Å². The van der Waals surface area contributed by atoms with Gasteiger partial charge in [0, 0.05) is 6.42 Å². The van der Waals surface area contributed by atoms with Gasteiger partial charge in [0.25, 0.3) is 0 Å². The molecule has 1 saturated heterocycles. The number of aliphatic hydroxyl groups is 3. The number of nitrogens with zero attached hydrogens (tertiary/aromatic N) is 2. The van der Waals surface area contributed by atoms with Gasteiger partial charge in [-0.2, -0.15) is 4.98 Å². The first-order chi connectivity index (χ1) is 22.5. The quantitative estimate of drug-likeness (QED) is 0.295. The standard InChI is InChI=1S/C21H32O2.C15H22FN3O6/c1-13-11-14-12-15(22)5-8-19(14,2)16-6-9-20(3)17(18(13)16)7-10-21(20,4)23;1-3-4-5-6-24-15(23)18-12-9(16)7-19(14(22)17-12)13-11(21)10(20)8(2)25-13/h12-13,16-18,23H,5-11H2,1-4H3;7-8,10-11,13,20-21H,3-6H2,1-2H3,(H,17,18,22,23)/t13-,16-,17-,18+,19-,20-,21-;8-,10-,11-,13-/m01/s1. The summed E-state index contributed by atoms with van der Waals surface area (Å²) in [5.41, 5.74) is 0.316. The summed E-state index contributed by atoms with van der Waals surface area (Å²) in [7, 11) is 0. The van der Waals surface area contributed by atoms with E-state index < -0.39 is 53.6 Å². The SMILES string of the molecule is CCCCCOC(=O)Nc1nc(=O)n([C@@H]2O[C@H](C)[C@@H](O)[C@H]2O)cc1F.C[C@H]1CC2=CC(=O)CC[C@]2(C)[C@H]2CC[C@@]3(C)[C@@H](CC[C@]3(C)O)[C@H]12. The number of hydrogen-bond acceptors (Lipinski definition) is 9. The van der Waals surface area contributed by atoms with Crippen LogP contribution in [-0.2, 0) is 14.3 Å². The highest BCUT2D eigenvalue weighted by Crippen LogP contribution is 2.68. The van der Waals surface area contributed by atoms with Crippen molar-refractivity contribution in [3.05, 3.63) is 34.1 Å². The van der Waals surface area contributed by atoms with Gasteiger partial charge in [0.2, 0.25) is 0 Å². The van der Waals surface area contributed by atoms with Crippen molar-refractivity contribution in [3.8, 4) is 0 Å². The van der Waals surface area contributed by atoms with E-state index in [1.165, 1.54) is 25.3 Å². The summed E-state index contributed by atoms with van der Waals surface area (Å²) < 4.78 is 24.9. The Bertz CT molecular complexity index is 1460. The van der Waals surface area contributed by atoms with Crippen LogP contribution in [0.15, 0.2) is 22.6 Å². The minimum absolute atomic E-state index is 0.0878. The number of unbranched alkanes of at least 4 members (excludes halogenated alkanes) is 2. The number of ether oxygens (including phenoxy) is 2. The molecule has 268 valence electrons. The van der Waals surface area contributed by atoms with Gasteiger partial charge in [0.05, 0.1) is 24.5 Å². The van der Waals surface area contributed by atoms with Crippen LogP contribution in [0.4, 0.5) is 15.0 Å². The van der Waals surface area contributed by atoms with Crippen LogP contribution in [0.2, 0.25) is 0 Å². The molecule has 6 rings (SSSR count). The Balaban J connectivity index is 0.000000188. The van der Waals surface area contributed by atoms with Crippen LogP contribution >= 0.6 is 0 Å². The predicted octanol–water partition coefficient (Wildman–Crippen LogP) is 5.28. The number of hydrogen-bond donors (Lipinski definition) is 4. The van der Waals surface area contributed by atoms with Crippen LogP contribution in [-0.4, -0.2) is 67.3 Å². The van der Waals surface area contributed by atoms with Crippen molar-refractivity contribution in [3.63, 3.8) is 0 Å². The molecule has 12 heteroatoms. The van der Waals surface area contributed by atoms with Crippen molar-refractivity contribution >= 4 is 17.7 Å². The average Bonchev–Trinajstić information content (AvgIpc) is 3.43. The highest BCUT2D eigenvalue weighted by Gasteiger charge is 2.63. The summed E-state index contributed by atoms with van der Waals surface area (Å²) in [6.07, 6.45) is 7.13. The maximum atomic E-state index is 14.1. The van der Waals surface area contributed by atoms with E-state index in [4.69, 9.17) is 9.47 Å². The molecule has 1 amide bonds. The summed E-state index contributed by atoms with van der Waals surface area (Å²) in [6, 6.07) is 0. The lowest BCUT2D eigenvalue weighted by atomic mass is 9.44. The van der Waals surface area contributed by atoms with Crippen LogP contribution in [0, 0.1) is 40.3 Å². The number of allylic oxidation sites excluding steroid dienone is 1. The van der Waals surface area contributed by atoms with Crippen molar-refractivity contribution in [2.24, 2.45) is 34.5 Å². The average molecular weight is 676 g/mol. The maximum Gasteiger partial charge on any atom is 0.412 e. The van der Waals surface area contributed by atoms with Crippen molar-refractivity contribution < 1.29 is 38.8 Å². The normalized spacial score (nSPS) is 40.1. The molecular weight excluding hydrogens is 621 g/mol. The number of amides is 1. The molecule has 4 aliphatic carbocycles. The molecule has 0 bridgehead atoms. The van der Waals surface area contributed by atoms with Gasteiger partial charge in [-0.25, -0.2) is 14.0 Å². The van der Waals surface area contributed by atoms with Gasteiger partial charge in [0.15, 0.2) is 23.6 Å². The summed E-state index contributed by atoms with van der Waals surface area (Å²) in [5.74, 6) is 1.48. The number of carbonyl (C=O) groups excluding carboxylic acids is 2. The molecule has 0 aromatic carbocycles. The Labute approximate surface area is 282 Å². The Hall–Kier alpha value is -2.67. The number of anilines is 1. The number of fused-ring (bicyclic) bond motifs is 5. The van der Waals surface area contributed by atoms with Gasteiger partial charge >= 0.3 is 11.8 Å². The number of rotatable bonds is 6. The van der Waals surface area contributed by atoms with E-state index in [1.54, 1.807) is 0 Å². The molecule has 11 nitrogen and oxygen atoms in total. The lowest BCUT2D eigenvalue weighted by Crippen LogP contribution is -2.55. The zero-order chi connectivity index (χ0) is 35.2. The second-order valence-electron chi connectivity index (χ2n) is 15.6. The molecule has 4 N–H and O–H groups in total.